The number of piperazine rings is 1. The second kappa shape index (κ2) is 6.02. The van der Waals surface area contributed by atoms with Crippen molar-refractivity contribution < 1.29 is 4.79 Å². The molecule has 0 aromatic carbocycles. The van der Waals surface area contributed by atoms with E-state index in [4.69, 9.17) is 0 Å². The van der Waals surface area contributed by atoms with E-state index in [1.807, 2.05) is 11.1 Å². The van der Waals surface area contributed by atoms with E-state index in [0.29, 0.717) is 0 Å². The Hall–Kier alpha value is -1.62. The summed E-state index contributed by atoms with van der Waals surface area (Å²) in [4.78, 5) is 22.9. The van der Waals surface area contributed by atoms with Gasteiger partial charge in [-0.05, 0) is 31.5 Å². The summed E-state index contributed by atoms with van der Waals surface area (Å²) in [5.74, 6) is 1.22. The molecule has 21 heavy (non-hydrogen) atoms. The molecule has 0 radical (unpaired) electrons. The Morgan fingerprint density at radius 1 is 1.19 bits per heavy atom. The van der Waals surface area contributed by atoms with Crippen LogP contribution in [0.25, 0.3) is 0 Å². The zero-order valence-electron chi connectivity index (χ0n) is 13.0. The third kappa shape index (κ3) is 3.02. The van der Waals surface area contributed by atoms with E-state index in [0.717, 1.165) is 51.4 Å². The number of hydrogen-bond acceptors (Lipinski definition) is 4. The molecule has 5 nitrogen and oxygen atoms in total. The third-order valence-corrected chi connectivity index (χ3v) is 4.64. The highest BCUT2D eigenvalue weighted by molar-refractivity contribution is 5.74. The molecule has 1 unspecified atom stereocenters. The van der Waals surface area contributed by atoms with Gasteiger partial charge in [0.25, 0.3) is 0 Å². The maximum absolute atomic E-state index is 11.7. The minimum atomic E-state index is 0.167. The minimum Gasteiger partial charge on any atom is -0.354 e. The van der Waals surface area contributed by atoms with Gasteiger partial charge in [-0.1, -0.05) is 6.07 Å². The van der Waals surface area contributed by atoms with Crippen LogP contribution in [0.1, 0.15) is 31.4 Å². The summed E-state index contributed by atoms with van der Waals surface area (Å²) in [7, 11) is 2.16. The summed E-state index contributed by atoms with van der Waals surface area (Å²) in [6.45, 7) is 6.77. The van der Waals surface area contributed by atoms with Crippen LogP contribution in [0.15, 0.2) is 18.3 Å². The molecular weight excluding hydrogens is 264 g/mol. The van der Waals surface area contributed by atoms with Gasteiger partial charge < -0.3 is 14.7 Å². The second-order valence-electron chi connectivity index (χ2n) is 6.11. The van der Waals surface area contributed by atoms with Crippen molar-refractivity contribution in [3.63, 3.8) is 0 Å². The van der Waals surface area contributed by atoms with Gasteiger partial charge in [0, 0.05) is 45.8 Å². The number of carbonyl (C=O) groups is 1. The number of likely N-dealkylation sites (tertiary alicyclic amines) is 1. The lowest BCUT2D eigenvalue weighted by atomic mass is 10.1. The zero-order chi connectivity index (χ0) is 14.8. The molecule has 0 spiro atoms. The van der Waals surface area contributed by atoms with E-state index in [9.17, 15) is 4.79 Å². The summed E-state index contributed by atoms with van der Waals surface area (Å²) in [6.07, 6.45) is 4.10. The van der Waals surface area contributed by atoms with Gasteiger partial charge in [0.15, 0.2) is 0 Å². The fourth-order valence-corrected chi connectivity index (χ4v) is 3.31. The largest absolute Gasteiger partial charge is 0.354 e. The Labute approximate surface area is 126 Å². The molecule has 1 aromatic heterocycles. The second-order valence-corrected chi connectivity index (χ2v) is 6.11. The van der Waals surface area contributed by atoms with Gasteiger partial charge >= 0.3 is 0 Å². The number of nitrogens with zero attached hydrogens (tertiary/aromatic N) is 4. The Kier molecular flexibility index (Phi) is 4.10. The summed E-state index contributed by atoms with van der Waals surface area (Å²) in [6, 6.07) is 4.47. The number of rotatable bonds is 2. The van der Waals surface area contributed by atoms with E-state index in [2.05, 4.69) is 34.0 Å². The molecule has 3 rings (SSSR count). The van der Waals surface area contributed by atoms with Crippen LogP contribution in [-0.4, -0.2) is 60.5 Å². The third-order valence-electron chi connectivity index (χ3n) is 4.64. The van der Waals surface area contributed by atoms with E-state index >= 15 is 0 Å². The molecule has 3 heterocycles. The SMILES string of the molecule is CC(=O)N1CCCC1c1ccc(N2CCN(C)CC2)nc1. The smallest absolute Gasteiger partial charge is 0.219 e. The first-order valence-corrected chi connectivity index (χ1v) is 7.82. The van der Waals surface area contributed by atoms with Gasteiger partial charge in [0.1, 0.15) is 5.82 Å². The van der Waals surface area contributed by atoms with Crippen molar-refractivity contribution in [3.05, 3.63) is 23.9 Å². The summed E-state index contributed by atoms with van der Waals surface area (Å²) >= 11 is 0. The number of anilines is 1. The Morgan fingerprint density at radius 2 is 1.95 bits per heavy atom. The highest BCUT2D eigenvalue weighted by Crippen LogP contribution is 2.32. The average Bonchev–Trinajstić information content (AvgIpc) is 2.98. The van der Waals surface area contributed by atoms with Crippen molar-refractivity contribution in [2.24, 2.45) is 0 Å². The van der Waals surface area contributed by atoms with Crippen LogP contribution in [0, 0.1) is 0 Å². The van der Waals surface area contributed by atoms with E-state index in [1.165, 1.54) is 5.56 Å². The van der Waals surface area contributed by atoms with E-state index < -0.39 is 0 Å². The van der Waals surface area contributed by atoms with Crippen molar-refractivity contribution in [2.75, 3.05) is 44.7 Å². The predicted octanol–water partition coefficient (Wildman–Crippen LogP) is 1.52. The maximum Gasteiger partial charge on any atom is 0.219 e. The standard InChI is InChI=1S/C16H24N4O/c1-13(21)20-7-3-4-15(20)14-5-6-16(17-12-14)19-10-8-18(2)9-11-19/h5-6,12,15H,3-4,7-11H2,1-2H3. The van der Waals surface area contributed by atoms with Crippen molar-refractivity contribution in [1.29, 1.82) is 0 Å². The van der Waals surface area contributed by atoms with Crippen LogP contribution >= 0.6 is 0 Å². The van der Waals surface area contributed by atoms with Gasteiger partial charge in [0.2, 0.25) is 5.91 Å². The molecule has 2 aliphatic heterocycles. The Balaban J connectivity index is 1.70. The first-order chi connectivity index (χ1) is 10.1. The number of likely N-dealkylation sites (N-methyl/N-ethyl adjacent to an activating group) is 1. The normalized spacial score (nSPS) is 23.6. The Morgan fingerprint density at radius 3 is 2.57 bits per heavy atom. The van der Waals surface area contributed by atoms with E-state index in [-0.39, 0.29) is 11.9 Å². The molecule has 0 aliphatic carbocycles. The maximum atomic E-state index is 11.7. The molecule has 1 aromatic rings. The quantitative estimate of drug-likeness (QED) is 0.827. The van der Waals surface area contributed by atoms with Crippen LogP contribution in [-0.2, 0) is 4.79 Å². The van der Waals surface area contributed by atoms with Crippen molar-refractivity contribution in [2.45, 2.75) is 25.8 Å². The van der Waals surface area contributed by atoms with Crippen LogP contribution < -0.4 is 4.90 Å². The van der Waals surface area contributed by atoms with Gasteiger partial charge in [-0.2, -0.15) is 0 Å². The molecule has 0 bridgehead atoms. The van der Waals surface area contributed by atoms with Crippen LogP contribution in [0.2, 0.25) is 0 Å². The number of pyridine rings is 1. The first kappa shape index (κ1) is 14.3. The molecule has 0 saturated carbocycles. The van der Waals surface area contributed by atoms with Gasteiger partial charge in [-0.25, -0.2) is 4.98 Å². The molecule has 2 aliphatic rings. The molecule has 1 atom stereocenters. The number of hydrogen-bond donors (Lipinski definition) is 0. The molecule has 114 valence electrons. The van der Waals surface area contributed by atoms with Crippen molar-refractivity contribution in [3.8, 4) is 0 Å². The molecule has 5 heteroatoms. The van der Waals surface area contributed by atoms with Crippen LogP contribution in [0.4, 0.5) is 5.82 Å². The lowest BCUT2D eigenvalue weighted by Gasteiger charge is -2.33. The summed E-state index contributed by atoms with van der Waals surface area (Å²) < 4.78 is 0. The van der Waals surface area contributed by atoms with E-state index in [1.54, 1.807) is 6.92 Å². The minimum absolute atomic E-state index is 0.167. The highest BCUT2D eigenvalue weighted by Gasteiger charge is 2.28. The first-order valence-electron chi connectivity index (χ1n) is 7.82. The van der Waals surface area contributed by atoms with Gasteiger partial charge in [0.05, 0.1) is 6.04 Å². The molecule has 2 saturated heterocycles. The molecule has 1 amide bonds. The topological polar surface area (TPSA) is 39.7 Å². The van der Waals surface area contributed by atoms with Crippen LogP contribution in [0.5, 0.6) is 0 Å². The number of aromatic nitrogens is 1. The Bertz CT molecular complexity index is 494. The summed E-state index contributed by atoms with van der Waals surface area (Å²) in [5.41, 5.74) is 1.17. The highest BCUT2D eigenvalue weighted by atomic mass is 16.2. The fraction of sp³-hybridized carbons (Fsp3) is 0.625. The number of carbonyl (C=O) groups excluding carboxylic acids is 1. The lowest BCUT2D eigenvalue weighted by Crippen LogP contribution is -2.44. The van der Waals surface area contributed by atoms with Gasteiger partial charge in [-0.3, -0.25) is 4.79 Å². The molecular formula is C16H24N4O. The molecule has 2 fully saturated rings. The summed E-state index contributed by atoms with van der Waals surface area (Å²) in [5, 5.41) is 0. The van der Waals surface area contributed by atoms with Crippen LogP contribution in [0.3, 0.4) is 0 Å². The molecule has 0 N–H and O–H groups in total. The predicted molar refractivity (Wildman–Crippen MR) is 83.3 cm³/mol. The average molecular weight is 288 g/mol. The zero-order valence-corrected chi connectivity index (χ0v) is 13.0. The lowest BCUT2D eigenvalue weighted by molar-refractivity contribution is -0.129. The fourth-order valence-electron chi connectivity index (χ4n) is 3.31. The van der Waals surface area contributed by atoms with Crippen molar-refractivity contribution >= 4 is 11.7 Å². The van der Waals surface area contributed by atoms with Gasteiger partial charge in [-0.15, -0.1) is 0 Å². The number of amides is 1. The van der Waals surface area contributed by atoms with Crippen molar-refractivity contribution in [1.82, 2.24) is 14.8 Å². The monoisotopic (exact) mass is 288 g/mol.